The first-order valence-electron chi connectivity index (χ1n) is 3.47. The van der Waals surface area contributed by atoms with Gasteiger partial charge in [0.25, 0.3) is 0 Å². The summed E-state index contributed by atoms with van der Waals surface area (Å²) in [5.41, 5.74) is -0.331. The van der Waals surface area contributed by atoms with Crippen LogP contribution in [-0.4, -0.2) is 26.7 Å². The third-order valence-corrected chi connectivity index (χ3v) is 1.95. The lowest BCUT2D eigenvalue weighted by atomic mass is 10.1. The summed E-state index contributed by atoms with van der Waals surface area (Å²) in [5, 5.41) is 17.3. The van der Waals surface area contributed by atoms with Crippen molar-refractivity contribution in [3.8, 4) is 0 Å². The molecule has 0 heterocycles. The molecule has 5 nitrogen and oxygen atoms in total. The highest BCUT2D eigenvalue weighted by Crippen LogP contribution is 2.18. The van der Waals surface area contributed by atoms with E-state index in [1.165, 1.54) is 12.1 Å². The maximum Gasteiger partial charge on any atom is 0.335 e. The molecule has 0 aromatic heterocycles. The minimum Gasteiger partial charge on any atom is -0.478 e. The number of carboxylic acids is 2. The number of carbonyl (C=O) groups is 2. The van der Waals surface area contributed by atoms with Crippen LogP contribution in [0.1, 0.15) is 20.7 Å². The summed E-state index contributed by atoms with van der Waals surface area (Å²) in [6.07, 6.45) is 0. The SMILES string of the molecule is O=C(O)c1cc(SO)cc(C(=O)O)c1. The summed E-state index contributed by atoms with van der Waals surface area (Å²) in [6.45, 7) is 0. The first-order chi connectivity index (χ1) is 6.54. The number of rotatable bonds is 3. The molecule has 0 bridgehead atoms. The molecule has 1 aromatic rings. The Hall–Kier alpha value is -1.53. The summed E-state index contributed by atoms with van der Waals surface area (Å²) in [6, 6.07) is 3.42. The van der Waals surface area contributed by atoms with Crippen molar-refractivity contribution in [2.75, 3.05) is 0 Å². The molecule has 0 saturated heterocycles. The van der Waals surface area contributed by atoms with Crippen LogP contribution < -0.4 is 0 Å². The van der Waals surface area contributed by atoms with Gasteiger partial charge in [-0.3, -0.25) is 0 Å². The Kier molecular flexibility index (Phi) is 3.10. The van der Waals surface area contributed by atoms with Crippen LogP contribution in [0.3, 0.4) is 0 Å². The Labute approximate surface area is 83.2 Å². The minimum atomic E-state index is -1.23. The molecule has 74 valence electrons. The molecule has 0 aliphatic rings. The van der Waals surface area contributed by atoms with Crippen LogP contribution in [0.4, 0.5) is 0 Å². The van der Waals surface area contributed by atoms with E-state index in [0.29, 0.717) is 12.0 Å². The second kappa shape index (κ2) is 4.12. The summed E-state index contributed by atoms with van der Waals surface area (Å²) in [5.74, 6) is -2.47. The number of hydrogen-bond donors (Lipinski definition) is 3. The van der Waals surface area contributed by atoms with Crippen molar-refractivity contribution in [3.63, 3.8) is 0 Å². The highest BCUT2D eigenvalue weighted by atomic mass is 32.2. The third kappa shape index (κ3) is 2.24. The predicted molar refractivity (Wildman–Crippen MR) is 48.8 cm³/mol. The van der Waals surface area contributed by atoms with E-state index in [-0.39, 0.29) is 16.0 Å². The molecule has 0 fully saturated rings. The van der Waals surface area contributed by atoms with Crippen molar-refractivity contribution in [1.29, 1.82) is 0 Å². The number of aromatic carboxylic acids is 2. The highest BCUT2D eigenvalue weighted by molar-refractivity contribution is 7.93. The summed E-state index contributed by atoms with van der Waals surface area (Å²) >= 11 is 0.305. The molecular weight excluding hydrogens is 208 g/mol. The first-order valence-corrected chi connectivity index (χ1v) is 4.25. The molecule has 0 saturated carbocycles. The quantitative estimate of drug-likeness (QED) is 0.662. The van der Waals surface area contributed by atoms with Gasteiger partial charge in [0.2, 0.25) is 0 Å². The fourth-order valence-corrected chi connectivity index (χ4v) is 1.26. The lowest BCUT2D eigenvalue weighted by Gasteiger charge is -2.00. The molecule has 0 amide bonds. The largest absolute Gasteiger partial charge is 0.478 e. The molecule has 1 aromatic carbocycles. The van der Waals surface area contributed by atoms with Gasteiger partial charge in [-0.1, -0.05) is 0 Å². The molecular formula is C8H6O5S. The third-order valence-electron chi connectivity index (χ3n) is 1.51. The van der Waals surface area contributed by atoms with Gasteiger partial charge < -0.3 is 14.8 Å². The summed E-state index contributed by atoms with van der Waals surface area (Å²) in [4.78, 5) is 21.3. The van der Waals surface area contributed by atoms with Crippen molar-refractivity contribution in [2.24, 2.45) is 0 Å². The second-order valence-corrected chi connectivity index (χ2v) is 3.10. The van der Waals surface area contributed by atoms with E-state index in [1.54, 1.807) is 0 Å². The van der Waals surface area contributed by atoms with Gasteiger partial charge in [-0.05, 0) is 18.2 Å². The van der Waals surface area contributed by atoms with Gasteiger partial charge in [-0.25, -0.2) is 9.59 Å². The Bertz CT molecular complexity index is 355. The van der Waals surface area contributed by atoms with Crippen molar-refractivity contribution >= 4 is 24.0 Å². The van der Waals surface area contributed by atoms with E-state index in [2.05, 4.69) is 0 Å². The average molecular weight is 214 g/mol. The van der Waals surface area contributed by atoms with Gasteiger partial charge in [-0.15, -0.1) is 0 Å². The molecule has 0 radical (unpaired) electrons. The van der Waals surface area contributed by atoms with Gasteiger partial charge in [0.15, 0.2) is 0 Å². The van der Waals surface area contributed by atoms with E-state index in [0.717, 1.165) is 6.07 Å². The van der Waals surface area contributed by atoms with Crippen molar-refractivity contribution in [3.05, 3.63) is 29.3 Å². The second-order valence-electron chi connectivity index (χ2n) is 2.45. The normalized spacial score (nSPS) is 9.79. The standard InChI is InChI=1S/C8H6O5S/c9-7(10)4-1-5(8(11)12)3-6(2-4)14-13/h1-3,13H,(H,9,10)(H,11,12). The zero-order valence-corrected chi connectivity index (χ0v) is 7.61. The molecule has 1 rings (SSSR count). The zero-order chi connectivity index (χ0) is 10.7. The predicted octanol–water partition coefficient (Wildman–Crippen LogP) is 1.65. The number of carboxylic acid groups (broad SMARTS) is 2. The van der Waals surface area contributed by atoms with Gasteiger partial charge >= 0.3 is 11.9 Å². The van der Waals surface area contributed by atoms with E-state index < -0.39 is 11.9 Å². The van der Waals surface area contributed by atoms with Crippen LogP contribution in [0.25, 0.3) is 0 Å². The molecule has 0 atom stereocenters. The van der Waals surface area contributed by atoms with Gasteiger partial charge in [-0.2, -0.15) is 0 Å². The smallest absolute Gasteiger partial charge is 0.335 e. The van der Waals surface area contributed by atoms with E-state index >= 15 is 0 Å². The number of benzene rings is 1. The zero-order valence-electron chi connectivity index (χ0n) is 6.80. The Balaban J connectivity index is 3.27. The lowest BCUT2D eigenvalue weighted by molar-refractivity contribution is 0.0696. The average Bonchev–Trinajstić information content (AvgIpc) is 2.16. The fraction of sp³-hybridized carbons (Fsp3) is 0. The van der Waals surface area contributed by atoms with Crippen LogP contribution in [-0.2, 0) is 0 Å². The van der Waals surface area contributed by atoms with Gasteiger partial charge in [0, 0.05) is 16.9 Å². The molecule has 6 heteroatoms. The van der Waals surface area contributed by atoms with Crippen LogP contribution in [0, 0.1) is 0 Å². The van der Waals surface area contributed by atoms with Crippen LogP contribution >= 0.6 is 12.0 Å². The van der Waals surface area contributed by atoms with E-state index in [1.807, 2.05) is 0 Å². The maximum atomic E-state index is 10.6. The maximum absolute atomic E-state index is 10.6. The van der Waals surface area contributed by atoms with Gasteiger partial charge in [0.1, 0.15) is 0 Å². The van der Waals surface area contributed by atoms with Crippen molar-refractivity contribution in [2.45, 2.75) is 4.90 Å². The Morgan fingerprint density at radius 2 is 1.43 bits per heavy atom. The summed E-state index contributed by atoms with van der Waals surface area (Å²) in [7, 11) is 0. The van der Waals surface area contributed by atoms with E-state index in [9.17, 15) is 9.59 Å². The molecule has 0 aliphatic heterocycles. The summed E-state index contributed by atoms with van der Waals surface area (Å²) < 4.78 is 8.68. The minimum absolute atomic E-state index is 0.165. The monoisotopic (exact) mass is 214 g/mol. The van der Waals surface area contributed by atoms with Crippen LogP contribution in [0.2, 0.25) is 0 Å². The first kappa shape index (κ1) is 10.6. The Morgan fingerprint density at radius 3 is 1.71 bits per heavy atom. The highest BCUT2D eigenvalue weighted by Gasteiger charge is 2.11. The van der Waals surface area contributed by atoms with Crippen molar-refractivity contribution < 1.29 is 24.4 Å². The number of hydrogen-bond acceptors (Lipinski definition) is 4. The van der Waals surface area contributed by atoms with Crippen LogP contribution in [0.5, 0.6) is 0 Å². The fourth-order valence-electron chi connectivity index (χ4n) is 0.899. The topological polar surface area (TPSA) is 94.8 Å². The molecule has 14 heavy (non-hydrogen) atoms. The Morgan fingerprint density at radius 1 is 1.00 bits per heavy atom. The molecule has 3 N–H and O–H groups in total. The molecule has 0 aliphatic carbocycles. The molecule has 0 unspecified atom stereocenters. The van der Waals surface area contributed by atoms with Gasteiger partial charge in [0.05, 0.1) is 11.1 Å². The van der Waals surface area contributed by atoms with Crippen LogP contribution in [0.15, 0.2) is 23.1 Å². The van der Waals surface area contributed by atoms with E-state index in [4.69, 9.17) is 14.8 Å². The molecule has 0 spiro atoms. The van der Waals surface area contributed by atoms with Crippen molar-refractivity contribution in [1.82, 2.24) is 0 Å². The lowest BCUT2D eigenvalue weighted by Crippen LogP contribution is -2.02.